The van der Waals surface area contributed by atoms with Crippen molar-refractivity contribution in [2.45, 2.75) is 49.2 Å². The minimum Gasteiger partial charge on any atom is -0.454 e. The topological polar surface area (TPSA) is 89.5 Å². The van der Waals surface area contributed by atoms with Crippen molar-refractivity contribution < 1.29 is 22.7 Å². The van der Waals surface area contributed by atoms with Gasteiger partial charge in [0.05, 0.1) is 4.90 Å². The first-order valence-electron chi connectivity index (χ1n) is 9.70. The number of hydrogen-bond donors (Lipinski definition) is 1. The molecule has 8 heteroatoms. The van der Waals surface area contributed by atoms with E-state index in [1.807, 2.05) is 6.07 Å². The first-order valence-corrected chi connectivity index (χ1v) is 11.6. The highest BCUT2D eigenvalue weighted by Gasteiger charge is 2.54. The van der Waals surface area contributed by atoms with Gasteiger partial charge < -0.3 is 10.1 Å². The number of rotatable bonds is 6. The zero-order chi connectivity index (χ0) is 21.9. The Bertz CT molecular complexity index is 1070. The van der Waals surface area contributed by atoms with Gasteiger partial charge in [0.1, 0.15) is 0 Å². The molecule has 0 unspecified atom stereocenters. The molecule has 0 atom stereocenters. The maximum atomic E-state index is 13.5. The zero-order valence-corrected chi connectivity index (χ0v) is 18.5. The van der Waals surface area contributed by atoms with Crippen LogP contribution in [0.2, 0.25) is 5.02 Å². The summed E-state index contributed by atoms with van der Waals surface area (Å²) in [6, 6.07) is 11.7. The maximum Gasteiger partial charge on any atom is 0.328 e. The number of benzene rings is 2. The average molecular weight is 450 g/mol. The van der Waals surface area contributed by atoms with Gasteiger partial charge in [-0.3, -0.25) is 9.59 Å². The average Bonchev–Trinajstić information content (AvgIpc) is 3.20. The van der Waals surface area contributed by atoms with E-state index in [9.17, 15) is 18.0 Å². The lowest BCUT2D eigenvalue weighted by atomic mass is 10.1. The third kappa shape index (κ3) is 4.37. The highest BCUT2D eigenvalue weighted by Crippen LogP contribution is 2.42. The van der Waals surface area contributed by atoms with E-state index in [2.05, 4.69) is 5.32 Å². The number of carbonyl (C=O) groups excluding carboxylic acids is 2. The van der Waals surface area contributed by atoms with Crippen LogP contribution in [0.5, 0.6) is 0 Å². The van der Waals surface area contributed by atoms with Crippen LogP contribution in [0, 0.1) is 13.8 Å². The van der Waals surface area contributed by atoms with Crippen molar-refractivity contribution >= 4 is 39.0 Å². The first-order chi connectivity index (χ1) is 14.2. The van der Waals surface area contributed by atoms with Crippen LogP contribution < -0.4 is 5.32 Å². The summed E-state index contributed by atoms with van der Waals surface area (Å²) < 4.78 is 30.6. The number of amides is 1. The molecular formula is C22H24ClNO5S. The third-order valence-corrected chi connectivity index (χ3v) is 8.23. The Balaban J connectivity index is 1.79. The molecule has 0 radical (unpaired) electrons. The maximum absolute atomic E-state index is 13.5. The van der Waals surface area contributed by atoms with Gasteiger partial charge in [-0.05, 0) is 62.1 Å². The van der Waals surface area contributed by atoms with E-state index in [4.69, 9.17) is 16.3 Å². The summed E-state index contributed by atoms with van der Waals surface area (Å²) in [5.41, 5.74) is 1.84. The van der Waals surface area contributed by atoms with Crippen molar-refractivity contribution in [2.75, 3.05) is 11.9 Å². The molecule has 2 aromatic carbocycles. The molecule has 0 bridgehead atoms. The summed E-state index contributed by atoms with van der Waals surface area (Å²) in [5.74, 6) is -1.44. The molecular weight excluding hydrogens is 426 g/mol. The van der Waals surface area contributed by atoms with Crippen LogP contribution in [0.1, 0.15) is 36.8 Å². The number of ether oxygens (including phenoxy) is 1. The van der Waals surface area contributed by atoms with Gasteiger partial charge in [-0.2, -0.15) is 0 Å². The monoisotopic (exact) mass is 449 g/mol. The van der Waals surface area contributed by atoms with Gasteiger partial charge in [0.25, 0.3) is 5.91 Å². The van der Waals surface area contributed by atoms with Crippen LogP contribution in [0.4, 0.5) is 5.69 Å². The fraction of sp³-hybridized carbons (Fsp3) is 0.364. The van der Waals surface area contributed by atoms with Gasteiger partial charge in [0.15, 0.2) is 21.2 Å². The van der Waals surface area contributed by atoms with E-state index in [1.54, 1.807) is 50.2 Å². The number of sulfone groups is 1. The number of esters is 1. The second-order valence-corrected chi connectivity index (χ2v) is 10.3. The molecule has 0 spiro atoms. The van der Waals surface area contributed by atoms with Crippen LogP contribution in [-0.2, 0) is 24.2 Å². The summed E-state index contributed by atoms with van der Waals surface area (Å²) in [7, 11) is -3.99. The van der Waals surface area contributed by atoms with Crippen molar-refractivity contribution in [1.29, 1.82) is 0 Å². The molecule has 1 amide bonds. The van der Waals surface area contributed by atoms with E-state index >= 15 is 0 Å². The van der Waals surface area contributed by atoms with E-state index in [0.717, 1.165) is 5.56 Å². The van der Waals surface area contributed by atoms with Crippen LogP contribution in [-0.4, -0.2) is 31.6 Å². The van der Waals surface area contributed by atoms with E-state index in [0.29, 0.717) is 29.1 Å². The molecule has 1 aliphatic carbocycles. The first kappa shape index (κ1) is 22.3. The standard InChI is InChI=1S/C22H24ClNO5S/c1-15-8-9-16(2)19(12-15)30(27,28)22(10-3-4-11-22)21(26)29-14-20(25)24-18-7-5-6-17(23)13-18/h5-9,12-13H,3-4,10-11,14H2,1-2H3,(H,24,25). The number of aryl methyl sites for hydroxylation is 2. The van der Waals surface area contributed by atoms with Crippen molar-refractivity contribution in [3.05, 3.63) is 58.6 Å². The predicted octanol–water partition coefficient (Wildman–Crippen LogP) is 4.23. The van der Waals surface area contributed by atoms with E-state index in [1.165, 1.54) is 0 Å². The molecule has 0 saturated heterocycles. The van der Waals surface area contributed by atoms with Gasteiger partial charge in [-0.15, -0.1) is 0 Å². The van der Waals surface area contributed by atoms with Crippen molar-refractivity contribution in [3.8, 4) is 0 Å². The highest BCUT2D eigenvalue weighted by atomic mass is 35.5. The van der Waals surface area contributed by atoms with E-state index < -0.39 is 33.1 Å². The quantitative estimate of drug-likeness (QED) is 0.666. The number of carbonyl (C=O) groups is 2. The summed E-state index contributed by atoms with van der Waals surface area (Å²) >= 11 is 5.89. The number of nitrogens with one attached hydrogen (secondary N) is 1. The van der Waals surface area contributed by atoms with Crippen LogP contribution in [0.15, 0.2) is 47.4 Å². The summed E-state index contributed by atoms with van der Waals surface area (Å²) in [6.07, 6.45) is 1.57. The van der Waals surface area contributed by atoms with Crippen LogP contribution >= 0.6 is 11.6 Å². The molecule has 160 valence electrons. The SMILES string of the molecule is Cc1ccc(C)c(S(=O)(=O)C2(C(=O)OCC(=O)Nc3cccc(Cl)c3)CCCC2)c1. The molecule has 1 saturated carbocycles. The molecule has 1 fully saturated rings. The second-order valence-electron chi connectivity index (χ2n) is 7.61. The Labute approximate surface area is 181 Å². The molecule has 3 rings (SSSR count). The van der Waals surface area contributed by atoms with Crippen molar-refractivity contribution in [1.82, 2.24) is 0 Å². The molecule has 6 nitrogen and oxygen atoms in total. The van der Waals surface area contributed by atoms with Gasteiger partial charge in [-0.25, -0.2) is 8.42 Å². The molecule has 1 N–H and O–H groups in total. The molecule has 0 aliphatic heterocycles. The Morgan fingerprint density at radius 2 is 1.80 bits per heavy atom. The lowest BCUT2D eigenvalue weighted by Crippen LogP contribution is -2.46. The van der Waals surface area contributed by atoms with E-state index in [-0.39, 0.29) is 17.7 Å². The molecule has 2 aromatic rings. The fourth-order valence-electron chi connectivity index (χ4n) is 3.76. The second kappa shape index (κ2) is 8.78. The third-order valence-electron chi connectivity index (χ3n) is 5.37. The summed E-state index contributed by atoms with van der Waals surface area (Å²) in [4.78, 5) is 25.3. The molecule has 1 aliphatic rings. The fourth-order valence-corrected chi connectivity index (χ4v) is 6.31. The Morgan fingerprint density at radius 3 is 2.47 bits per heavy atom. The Kier molecular flexibility index (Phi) is 6.53. The van der Waals surface area contributed by atoms with Gasteiger partial charge in [-0.1, -0.05) is 42.6 Å². The number of hydrogen-bond acceptors (Lipinski definition) is 5. The van der Waals surface area contributed by atoms with Gasteiger partial charge in [0.2, 0.25) is 0 Å². The smallest absolute Gasteiger partial charge is 0.328 e. The Hall–Kier alpha value is -2.38. The lowest BCUT2D eigenvalue weighted by Gasteiger charge is -2.27. The molecule has 30 heavy (non-hydrogen) atoms. The highest BCUT2D eigenvalue weighted by molar-refractivity contribution is 7.93. The normalized spacial score (nSPS) is 15.6. The molecule has 0 aromatic heterocycles. The van der Waals surface area contributed by atoms with Crippen LogP contribution in [0.3, 0.4) is 0 Å². The van der Waals surface area contributed by atoms with Gasteiger partial charge in [0, 0.05) is 10.7 Å². The zero-order valence-electron chi connectivity index (χ0n) is 16.9. The summed E-state index contributed by atoms with van der Waals surface area (Å²) in [5, 5.41) is 3.03. The largest absolute Gasteiger partial charge is 0.454 e. The Morgan fingerprint density at radius 1 is 1.10 bits per heavy atom. The minimum atomic E-state index is -3.99. The van der Waals surface area contributed by atoms with Gasteiger partial charge >= 0.3 is 5.97 Å². The number of anilines is 1. The van der Waals surface area contributed by atoms with Crippen molar-refractivity contribution in [3.63, 3.8) is 0 Å². The van der Waals surface area contributed by atoms with Crippen LogP contribution in [0.25, 0.3) is 0 Å². The number of halogens is 1. The minimum absolute atomic E-state index is 0.143. The molecule has 0 heterocycles. The van der Waals surface area contributed by atoms with Crippen molar-refractivity contribution in [2.24, 2.45) is 0 Å². The summed E-state index contributed by atoms with van der Waals surface area (Å²) in [6.45, 7) is 2.94. The lowest BCUT2D eigenvalue weighted by molar-refractivity contribution is -0.149. The predicted molar refractivity (Wildman–Crippen MR) is 115 cm³/mol.